The fraction of sp³-hybridized carbons (Fsp3) is 0.933. The van der Waals surface area contributed by atoms with Crippen molar-refractivity contribution in [3.8, 4) is 0 Å². The molecule has 0 bridgehead atoms. The second kappa shape index (κ2) is 13.7. The van der Waals surface area contributed by atoms with E-state index in [1.807, 2.05) is 27.7 Å². The number of hydrogen-bond donors (Lipinski definition) is 1. The Morgan fingerprint density at radius 1 is 0.778 bits per heavy atom. The Balaban J connectivity index is 1.62. The SMILES string of the molecule is CC(C)(CC(COC(C)(C)C(=O)C1CCCCC1)OC(O)C1CCCCC1)OC(=O)C1CCCCC1. The van der Waals surface area contributed by atoms with Gasteiger partial charge in [0.15, 0.2) is 12.1 Å². The van der Waals surface area contributed by atoms with Crippen molar-refractivity contribution < 1.29 is 28.9 Å². The fourth-order valence-corrected chi connectivity index (χ4v) is 6.39. The highest BCUT2D eigenvalue weighted by molar-refractivity contribution is 5.88. The molecule has 36 heavy (non-hydrogen) atoms. The Kier molecular flexibility index (Phi) is 11.3. The zero-order chi connectivity index (χ0) is 26.2. The number of esters is 1. The van der Waals surface area contributed by atoms with E-state index in [2.05, 4.69) is 0 Å². The van der Waals surface area contributed by atoms with E-state index in [1.165, 1.54) is 19.3 Å². The van der Waals surface area contributed by atoms with Crippen LogP contribution < -0.4 is 0 Å². The zero-order valence-corrected chi connectivity index (χ0v) is 23.4. The first-order valence-electron chi connectivity index (χ1n) is 14.8. The third-order valence-corrected chi connectivity index (χ3v) is 8.62. The molecule has 3 aliphatic carbocycles. The average molecular weight is 509 g/mol. The van der Waals surface area contributed by atoms with E-state index >= 15 is 0 Å². The minimum atomic E-state index is -0.914. The molecule has 0 heterocycles. The molecule has 0 spiro atoms. The summed E-state index contributed by atoms with van der Waals surface area (Å²) < 4.78 is 18.4. The van der Waals surface area contributed by atoms with Crippen molar-refractivity contribution in [3.05, 3.63) is 0 Å². The summed E-state index contributed by atoms with van der Waals surface area (Å²) in [7, 11) is 0. The number of carbonyl (C=O) groups is 2. The maximum Gasteiger partial charge on any atom is 0.309 e. The fourth-order valence-electron chi connectivity index (χ4n) is 6.39. The molecule has 2 atom stereocenters. The molecule has 3 fully saturated rings. The molecule has 3 rings (SSSR count). The number of aliphatic hydroxyl groups excluding tert-OH is 1. The van der Waals surface area contributed by atoms with Crippen LogP contribution in [0.2, 0.25) is 0 Å². The zero-order valence-electron chi connectivity index (χ0n) is 23.4. The van der Waals surface area contributed by atoms with Crippen molar-refractivity contribution in [2.24, 2.45) is 17.8 Å². The third kappa shape index (κ3) is 9.09. The van der Waals surface area contributed by atoms with Crippen LogP contribution in [0.25, 0.3) is 0 Å². The molecule has 6 nitrogen and oxygen atoms in total. The summed E-state index contributed by atoms with van der Waals surface area (Å²) in [5, 5.41) is 10.9. The Hall–Kier alpha value is -0.980. The number of hydrogen-bond acceptors (Lipinski definition) is 6. The van der Waals surface area contributed by atoms with Crippen molar-refractivity contribution in [1.29, 1.82) is 0 Å². The van der Waals surface area contributed by atoms with Crippen LogP contribution in [0.4, 0.5) is 0 Å². The van der Waals surface area contributed by atoms with E-state index in [0.29, 0.717) is 6.42 Å². The summed E-state index contributed by atoms with van der Waals surface area (Å²) in [4.78, 5) is 26.1. The normalized spacial score (nSPS) is 23.2. The number of ether oxygens (including phenoxy) is 3. The molecular formula is C30H52O6. The predicted octanol–water partition coefficient (Wildman–Crippen LogP) is 6.51. The number of aliphatic hydroxyl groups is 1. The van der Waals surface area contributed by atoms with E-state index in [0.717, 1.165) is 77.0 Å². The Morgan fingerprint density at radius 3 is 1.83 bits per heavy atom. The van der Waals surface area contributed by atoms with Gasteiger partial charge in [-0.15, -0.1) is 0 Å². The monoisotopic (exact) mass is 508 g/mol. The lowest BCUT2D eigenvalue weighted by Crippen LogP contribution is -2.45. The summed E-state index contributed by atoms with van der Waals surface area (Å²) in [6.45, 7) is 7.71. The highest BCUT2D eigenvalue weighted by Crippen LogP contribution is 2.33. The van der Waals surface area contributed by atoms with Gasteiger partial charge in [-0.25, -0.2) is 0 Å². The van der Waals surface area contributed by atoms with Crippen LogP contribution in [0, 0.1) is 17.8 Å². The van der Waals surface area contributed by atoms with Gasteiger partial charge >= 0.3 is 5.97 Å². The maximum absolute atomic E-state index is 13.2. The molecule has 6 heteroatoms. The van der Waals surface area contributed by atoms with Crippen LogP contribution in [0.3, 0.4) is 0 Å². The van der Waals surface area contributed by atoms with Crippen LogP contribution in [-0.4, -0.2) is 47.1 Å². The lowest BCUT2D eigenvalue weighted by atomic mass is 9.81. The smallest absolute Gasteiger partial charge is 0.309 e. The minimum absolute atomic E-state index is 0.0199. The number of Topliss-reactive ketones (excluding diaryl/α,β-unsaturated/α-hetero) is 1. The summed E-state index contributed by atoms with van der Waals surface area (Å²) in [6, 6.07) is 0. The van der Waals surface area contributed by atoms with Gasteiger partial charge in [0.1, 0.15) is 11.2 Å². The van der Waals surface area contributed by atoms with E-state index in [4.69, 9.17) is 14.2 Å². The highest BCUT2D eigenvalue weighted by atomic mass is 16.6. The maximum atomic E-state index is 13.2. The summed E-state index contributed by atoms with van der Waals surface area (Å²) >= 11 is 0. The van der Waals surface area contributed by atoms with Gasteiger partial charge in [0, 0.05) is 18.3 Å². The summed E-state index contributed by atoms with van der Waals surface area (Å²) in [5.41, 5.74) is -1.67. The van der Waals surface area contributed by atoms with Gasteiger partial charge in [0.2, 0.25) is 0 Å². The first-order valence-corrected chi connectivity index (χ1v) is 14.8. The van der Waals surface area contributed by atoms with Gasteiger partial charge in [-0.05, 0) is 66.2 Å². The molecule has 3 aliphatic rings. The van der Waals surface area contributed by atoms with E-state index in [-0.39, 0.29) is 36.1 Å². The first-order chi connectivity index (χ1) is 17.1. The van der Waals surface area contributed by atoms with Crippen LogP contribution in [0.15, 0.2) is 0 Å². The van der Waals surface area contributed by atoms with Crippen molar-refractivity contribution in [2.75, 3.05) is 6.61 Å². The van der Waals surface area contributed by atoms with Gasteiger partial charge in [-0.2, -0.15) is 0 Å². The molecule has 0 amide bonds. The minimum Gasteiger partial charge on any atom is -0.459 e. The second-order valence-corrected chi connectivity index (χ2v) is 12.8. The molecular weight excluding hydrogens is 456 g/mol. The molecule has 0 aliphatic heterocycles. The summed E-state index contributed by atoms with van der Waals surface area (Å²) in [6.07, 6.45) is 14.8. The number of rotatable bonds is 12. The molecule has 0 aromatic rings. The Morgan fingerprint density at radius 2 is 1.28 bits per heavy atom. The van der Waals surface area contributed by atoms with Gasteiger partial charge < -0.3 is 19.3 Å². The predicted molar refractivity (Wildman–Crippen MR) is 140 cm³/mol. The van der Waals surface area contributed by atoms with Crippen molar-refractivity contribution >= 4 is 11.8 Å². The molecule has 2 unspecified atom stereocenters. The van der Waals surface area contributed by atoms with Crippen LogP contribution in [0.5, 0.6) is 0 Å². The number of ketones is 1. The van der Waals surface area contributed by atoms with Crippen LogP contribution in [-0.2, 0) is 23.8 Å². The standard InChI is InChI=1S/C30H52O6/c1-29(2,36-28(33)24-18-12-7-13-19-24)20-25(35-27(32)23-16-10-6-11-17-23)21-34-30(3,4)26(31)22-14-8-5-9-15-22/h22-25,27,32H,5-21H2,1-4H3. The van der Waals surface area contributed by atoms with Crippen LogP contribution in [0.1, 0.15) is 130 Å². The molecule has 0 aromatic heterocycles. The third-order valence-electron chi connectivity index (χ3n) is 8.62. The Bertz CT molecular complexity index is 684. The molecule has 1 N–H and O–H groups in total. The molecule has 0 aromatic carbocycles. The molecule has 208 valence electrons. The molecule has 3 saturated carbocycles. The second-order valence-electron chi connectivity index (χ2n) is 12.8. The first kappa shape index (κ1) is 29.6. The van der Waals surface area contributed by atoms with E-state index in [1.54, 1.807) is 0 Å². The molecule has 0 saturated heterocycles. The molecule has 0 radical (unpaired) electrons. The van der Waals surface area contributed by atoms with E-state index in [9.17, 15) is 14.7 Å². The van der Waals surface area contributed by atoms with Crippen molar-refractivity contribution in [1.82, 2.24) is 0 Å². The topological polar surface area (TPSA) is 82.1 Å². The lowest BCUT2D eigenvalue weighted by Gasteiger charge is -2.36. The lowest BCUT2D eigenvalue weighted by molar-refractivity contribution is -0.207. The van der Waals surface area contributed by atoms with Crippen molar-refractivity contribution in [2.45, 2.75) is 154 Å². The van der Waals surface area contributed by atoms with Gasteiger partial charge in [-0.3, -0.25) is 9.59 Å². The Labute approximate surface area is 219 Å². The number of carbonyl (C=O) groups excluding carboxylic acids is 2. The van der Waals surface area contributed by atoms with Gasteiger partial charge in [0.05, 0.1) is 18.6 Å². The van der Waals surface area contributed by atoms with Crippen LogP contribution >= 0.6 is 0 Å². The van der Waals surface area contributed by atoms with Gasteiger partial charge in [-0.1, -0.05) is 57.8 Å². The van der Waals surface area contributed by atoms with E-state index < -0.39 is 23.6 Å². The average Bonchev–Trinajstić information content (AvgIpc) is 2.88. The highest BCUT2D eigenvalue weighted by Gasteiger charge is 2.38. The largest absolute Gasteiger partial charge is 0.459 e. The quantitative estimate of drug-likeness (QED) is 0.239. The van der Waals surface area contributed by atoms with Gasteiger partial charge in [0.25, 0.3) is 0 Å². The summed E-state index contributed by atoms with van der Waals surface area (Å²) in [5.74, 6) is 0.199. The van der Waals surface area contributed by atoms with Crippen molar-refractivity contribution in [3.63, 3.8) is 0 Å².